The first-order valence-corrected chi connectivity index (χ1v) is 6.69. The molecule has 0 saturated heterocycles. The Hall–Kier alpha value is -1.68. The van der Waals surface area contributed by atoms with Gasteiger partial charge in [0.25, 0.3) is 0 Å². The van der Waals surface area contributed by atoms with Gasteiger partial charge in [0, 0.05) is 12.6 Å². The first kappa shape index (κ1) is 13.7. The molecule has 0 bridgehead atoms. The van der Waals surface area contributed by atoms with Gasteiger partial charge in [0.1, 0.15) is 5.75 Å². The summed E-state index contributed by atoms with van der Waals surface area (Å²) in [7, 11) is 0. The third-order valence-corrected chi connectivity index (χ3v) is 3.16. The van der Waals surface area contributed by atoms with Crippen molar-refractivity contribution in [2.45, 2.75) is 32.2 Å². The van der Waals surface area contributed by atoms with E-state index < -0.39 is 0 Å². The SMILES string of the molecule is CCCC1CC(N=Nc2ccc(O)c(Cl)c2)=CC=N1. The Kier molecular flexibility index (Phi) is 4.68. The first-order chi connectivity index (χ1) is 9.19. The van der Waals surface area contributed by atoms with Gasteiger partial charge in [-0.2, -0.15) is 10.2 Å². The van der Waals surface area contributed by atoms with E-state index in [2.05, 4.69) is 22.1 Å². The largest absolute Gasteiger partial charge is 0.506 e. The van der Waals surface area contributed by atoms with Gasteiger partial charge in [-0.1, -0.05) is 24.9 Å². The van der Waals surface area contributed by atoms with E-state index >= 15 is 0 Å². The van der Waals surface area contributed by atoms with Crippen molar-refractivity contribution in [3.05, 3.63) is 35.0 Å². The lowest BCUT2D eigenvalue weighted by atomic mass is 10.1. The Morgan fingerprint density at radius 2 is 2.26 bits per heavy atom. The second-order valence-corrected chi connectivity index (χ2v) is 4.85. The number of nitrogens with zero attached hydrogens (tertiary/aromatic N) is 3. The molecule has 0 aliphatic carbocycles. The van der Waals surface area contributed by atoms with Crippen molar-refractivity contribution in [3.63, 3.8) is 0 Å². The predicted octanol–water partition coefficient (Wildman–Crippen LogP) is 4.66. The number of aromatic hydroxyl groups is 1. The molecule has 1 aliphatic heterocycles. The maximum absolute atomic E-state index is 9.32. The van der Waals surface area contributed by atoms with Crippen LogP contribution in [0.3, 0.4) is 0 Å². The summed E-state index contributed by atoms with van der Waals surface area (Å²) >= 11 is 5.81. The molecule has 19 heavy (non-hydrogen) atoms. The number of phenolic OH excluding ortho intramolecular Hbond substituents is 1. The quantitative estimate of drug-likeness (QED) is 0.800. The highest BCUT2D eigenvalue weighted by molar-refractivity contribution is 6.32. The molecule has 4 nitrogen and oxygen atoms in total. The second kappa shape index (κ2) is 6.48. The molecule has 100 valence electrons. The van der Waals surface area contributed by atoms with Gasteiger partial charge >= 0.3 is 0 Å². The monoisotopic (exact) mass is 277 g/mol. The molecule has 1 aromatic rings. The molecular formula is C14H16ClN3O. The molecule has 1 aliphatic rings. The van der Waals surface area contributed by atoms with Crippen LogP contribution in [0.2, 0.25) is 5.02 Å². The Labute approximate surface area is 117 Å². The van der Waals surface area contributed by atoms with Crippen LogP contribution in [0.1, 0.15) is 26.2 Å². The fourth-order valence-electron chi connectivity index (χ4n) is 1.88. The number of aliphatic imine (C=N–C) groups is 1. The van der Waals surface area contributed by atoms with E-state index in [1.807, 2.05) is 6.08 Å². The van der Waals surface area contributed by atoms with E-state index in [0.29, 0.717) is 11.7 Å². The zero-order chi connectivity index (χ0) is 13.7. The van der Waals surface area contributed by atoms with Gasteiger partial charge in [-0.25, -0.2) is 0 Å². The van der Waals surface area contributed by atoms with E-state index in [-0.39, 0.29) is 10.8 Å². The second-order valence-electron chi connectivity index (χ2n) is 4.44. The van der Waals surface area contributed by atoms with Crippen LogP contribution in [-0.2, 0) is 0 Å². The molecule has 1 heterocycles. The minimum atomic E-state index is 0.0487. The molecule has 0 radical (unpaired) electrons. The maximum Gasteiger partial charge on any atom is 0.134 e. The number of benzene rings is 1. The van der Waals surface area contributed by atoms with Gasteiger partial charge in [0.15, 0.2) is 0 Å². The molecule has 0 saturated carbocycles. The van der Waals surface area contributed by atoms with Crippen molar-refractivity contribution in [2.75, 3.05) is 0 Å². The summed E-state index contributed by atoms with van der Waals surface area (Å²) in [5.41, 5.74) is 1.54. The average Bonchev–Trinajstić information content (AvgIpc) is 2.41. The lowest BCUT2D eigenvalue weighted by Crippen LogP contribution is -2.08. The van der Waals surface area contributed by atoms with Crippen molar-refractivity contribution in [3.8, 4) is 5.75 Å². The van der Waals surface area contributed by atoms with Crippen molar-refractivity contribution in [2.24, 2.45) is 15.2 Å². The van der Waals surface area contributed by atoms with E-state index in [9.17, 15) is 5.11 Å². The highest BCUT2D eigenvalue weighted by Gasteiger charge is 2.11. The molecular weight excluding hydrogens is 262 g/mol. The zero-order valence-corrected chi connectivity index (χ0v) is 11.5. The van der Waals surface area contributed by atoms with Crippen LogP contribution in [0, 0.1) is 0 Å². The van der Waals surface area contributed by atoms with Crippen LogP contribution in [-0.4, -0.2) is 17.4 Å². The van der Waals surface area contributed by atoms with Gasteiger partial charge in [0.2, 0.25) is 0 Å². The number of phenols is 1. The van der Waals surface area contributed by atoms with Gasteiger partial charge in [-0.05, 0) is 30.7 Å². The van der Waals surface area contributed by atoms with E-state index in [1.165, 1.54) is 6.07 Å². The van der Waals surface area contributed by atoms with Crippen LogP contribution in [0.25, 0.3) is 0 Å². The standard InChI is InChI=1S/C14H16ClN3O/c1-2-3-10-8-12(6-7-16-10)18-17-11-4-5-14(19)13(15)9-11/h4-7,9-10,19H,2-3,8H2,1H3. The van der Waals surface area contributed by atoms with Crippen LogP contribution in [0.15, 0.2) is 45.2 Å². The Morgan fingerprint density at radius 1 is 1.42 bits per heavy atom. The van der Waals surface area contributed by atoms with Gasteiger partial charge in [0.05, 0.1) is 22.4 Å². The summed E-state index contributed by atoms with van der Waals surface area (Å²) in [5.74, 6) is 0.0487. The number of hydrogen-bond donors (Lipinski definition) is 1. The Bertz CT molecular complexity index is 537. The lowest BCUT2D eigenvalue weighted by Gasteiger charge is -2.13. The highest BCUT2D eigenvalue weighted by Crippen LogP contribution is 2.28. The summed E-state index contributed by atoms with van der Waals surface area (Å²) in [6, 6.07) is 5.08. The average molecular weight is 278 g/mol. The van der Waals surface area contributed by atoms with Crippen LogP contribution >= 0.6 is 11.6 Å². The number of dihydropyridines is 1. The number of allylic oxidation sites excluding steroid dienone is 1. The smallest absolute Gasteiger partial charge is 0.134 e. The molecule has 0 fully saturated rings. The summed E-state index contributed by atoms with van der Waals surface area (Å²) in [5, 5.41) is 17.9. The lowest BCUT2D eigenvalue weighted by molar-refractivity contribution is 0.475. The van der Waals surface area contributed by atoms with Crippen LogP contribution < -0.4 is 0 Å². The minimum absolute atomic E-state index is 0.0487. The Morgan fingerprint density at radius 3 is 3.00 bits per heavy atom. The molecule has 1 N–H and O–H groups in total. The first-order valence-electron chi connectivity index (χ1n) is 6.31. The molecule has 1 unspecified atom stereocenters. The highest BCUT2D eigenvalue weighted by atomic mass is 35.5. The normalized spacial score (nSPS) is 18.8. The third kappa shape index (κ3) is 3.89. The van der Waals surface area contributed by atoms with E-state index in [0.717, 1.165) is 25.0 Å². The van der Waals surface area contributed by atoms with Gasteiger partial charge < -0.3 is 5.11 Å². The van der Waals surface area contributed by atoms with Gasteiger partial charge in [-0.3, -0.25) is 4.99 Å². The molecule has 0 amide bonds. The molecule has 2 rings (SSSR count). The molecule has 0 spiro atoms. The molecule has 5 heteroatoms. The topological polar surface area (TPSA) is 57.3 Å². The number of halogens is 1. The molecule has 0 aromatic heterocycles. The molecule has 1 aromatic carbocycles. The maximum atomic E-state index is 9.32. The summed E-state index contributed by atoms with van der Waals surface area (Å²) in [6.07, 6.45) is 6.66. The summed E-state index contributed by atoms with van der Waals surface area (Å²) in [6.45, 7) is 2.15. The summed E-state index contributed by atoms with van der Waals surface area (Å²) in [4.78, 5) is 4.39. The number of hydrogen-bond acceptors (Lipinski definition) is 4. The number of rotatable bonds is 4. The summed E-state index contributed by atoms with van der Waals surface area (Å²) < 4.78 is 0. The van der Waals surface area contributed by atoms with Crippen LogP contribution in [0.5, 0.6) is 5.75 Å². The van der Waals surface area contributed by atoms with E-state index in [4.69, 9.17) is 11.6 Å². The third-order valence-electron chi connectivity index (χ3n) is 2.86. The Balaban J connectivity index is 2.04. The van der Waals surface area contributed by atoms with Crippen molar-refractivity contribution in [1.29, 1.82) is 0 Å². The van der Waals surface area contributed by atoms with Crippen LogP contribution in [0.4, 0.5) is 5.69 Å². The fourth-order valence-corrected chi connectivity index (χ4v) is 2.05. The van der Waals surface area contributed by atoms with Crippen molar-refractivity contribution in [1.82, 2.24) is 0 Å². The van der Waals surface area contributed by atoms with E-state index in [1.54, 1.807) is 18.3 Å². The number of azo groups is 1. The zero-order valence-electron chi connectivity index (χ0n) is 10.8. The van der Waals surface area contributed by atoms with Gasteiger partial charge in [-0.15, -0.1) is 0 Å². The van der Waals surface area contributed by atoms with Crippen molar-refractivity contribution < 1.29 is 5.11 Å². The predicted molar refractivity (Wildman–Crippen MR) is 77.5 cm³/mol. The van der Waals surface area contributed by atoms with Crippen molar-refractivity contribution >= 4 is 23.5 Å². The minimum Gasteiger partial charge on any atom is -0.506 e. The molecule has 1 atom stereocenters. The fraction of sp³-hybridized carbons (Fsp3) is 0.357.